The van der Waals surface area contributed by atoms with E-state index in [2.05, 4.69) is 6.58 Å². The standard InChI is InChI=1S/C15H22O7S/c1-7(2)12(16)21-14-15(4,5)22-13-10-8(3)19-9(11(10)20-14)6-23(13,17)18/h8-11,13-14H,1,6H2,2-5H3/t8?,9?,10-,11?,13?,14?/m1/s1. The molecule has 3 fully saturated rings. The number of esters is 1. The zero-order chi connectivity index (χ0) is 17.2. The number of sulfone groups is 1. The Kier molecular flexibility index (Phi) is 3.87. The predicted octanol–water partition coefficient (Wildman–Crippen LogP) is 0.784. The molecule has 0 aromatic heterocycles. The second-order valence-corrected chi connectivity index (χ2v) is 9.12. The van der Waals surface area contributed by atoms with E-state index in [1.807, 2.05) is 6.92 Å². The first-order valence-corrected chi connectivity index (χ1v) is 9.31. The van der Waals surface area contributed by atoms with E-state index in [9.17, 15) is 13.2 Å². The summed E-state index contributed by atoms with van der Waals surface area (Å²) in [6, 6.07) is 0. The minimum absolute atomic E-state index is 0.152. The molecule has 3 heterocycles. The van der Waals surface area contributed by atoms with Crippen LogP contribution in [-0.4, -0.2) is 55.8 Å². The van der Waals surface area contributed by atoms with Gasteiger partial charge in [0, 0.05) is 5.57 Å². The quantitative estimate of drug-likeness (QED) is 0.539. The Morgan fingerprint density at radius 2 is 1.96 bits per heavy atom. The molecule has 0 radical (unpaired) electrons. The third-order valence-electron chi connectivity index (χ3n) is 4.57. The van der Waals surface area contributed by atoms with Gasteiger partial charge in [-0.05, 0) is 27.7 Å². The Bertz CT molecular complexity index is 638. The molecule has 3 aliphatic rings. The molecule has 5 unspecified atom stereocenters. The molecule has 3 saturated heterocycles. The molecule has 0 aliphatic carbocycles. The summed E-state index contributed by atoms with van der Waals surface area (Å²) in [5, 5.41) is 0. The maximum absolute atomic E-state index is 12.5. The third kappa shape index (κ3) is 2.71. The Morgan fingerprint density at radius 3 is 2.57 bits per heavy atom. The molecule has 0 aromatic carbocycles. The van der Waals surface area contributed by atoms with Gasteiger partial charge in [-0.15, -0.1) is 0 Å². The van der Waals surface area contributed by atoms with Crippen molar-refractivity contribution in [2.24, 2.45) is 5.92 Å². The monoisotopic (exact) mass is 346 g/mol. The first-order chi connectivity index (χ1) is 10.5. The molecule has 0 N–H and O–H groups in total. The topological polar surface area (TPSA) is 88.1 Å². The summed E-state index contributed by atoms with van der Waals surface area (Å²) in [6.45, 7) is 10.2. The van der Waals surface area contributed by atoms with E-state index in [1.165, 1.54) is 6.92 Å². The van der Waals surface area contributed by atoms with Crippen LogP contribution in [0.5, 0.6) is 0 Å². The second-order valence-electron chi connectivity index (χ2n) is 6.99. The molecule has 0 saturated carbocycles. The van der Waals surface area contributed by atoms with Crippen LogP contribution >= 0.6 is 0 Å². The van der Waals surface area contributed by atoms with E-state index in [0.29, 0.717) is 0 Å². The van der Waals surface area contributed by atoms with Crippen molar-refractivity contribution in [3.05, 3.63) is 12.2 Å². The summed E-state index contributed by atoms with van der Waals surface area (Å²) in [6.07, 6.45) is -2.39. The van der Waals surface area contributed by atoms with Crippen LogP contribution < -0.4 is 0 Å². The number of ether oxygens (including phenoxy) is 4. The van der Waals surface area contributed by atoms with Gasteiger partial charge in [0.25, 0.3) is 0 Å². The van der Waals surface area contributed by atoms with Gasteiger partial charge in [0.05, 0.1) is 30.0 Å². The number of carbonyl (C=O) groups excluding carboxylic acids is 1. The fraction of sp³-hybridized carbons (Fsp3) is 0.800. The lowest BCUT2D eigenvalue weighted by Crippen LogP contribution is -2.50. The molecule has 0 aromatic rings. The van der Waals surface area contributed by atoms with Gasteiger partial charge in [0.15, 0.2) is 15.3 Å². The SMILES string of the molecule is C=C(C)C(=O)OC1OC2C3CS(=O)(=O)C(OC1(C)C)[C@@H]2C(C)O3. The lowest BCUT2D eigenvalue weighted by molar-refractivity contribution is -0.238. The van der Waals surface area contributed by atoms with Gasteiger partial charge in [0.2, 0.25) is 6.29 Å². The lowest BCUT2D eigenvalue weighted by atomic mass is 9.97. The van der Waals surface area contributed by atoms with Gasteiger partial charge in [-0.1, -0.05) is 6.58 Å². The first-order valence-electron chi connectivity index (χ1n) is 7.60. The summed E-state index contributed by atoms with van der Waals surface area (Å²) < 4.78 is 47.9. The van der Waals surface area contributed by atoms with Crippen molar-refractivity contribution < 1.29 is 32.2 Å². The summed E-state index contributed by atoms with van der Waals surface area (Å²) in [5.41, 5.74) is -1.90. The molecule has 0 amide bonds. The predicted molar refractivity (Wildman–Crippen MR) is 80.1 cm³/mol. The maximum atomic E-state index is 12.5. The first kappa shape index (κ1) is 16.9. The highest BCUT2D eigenvalue weighted by molar-refractivity contribution is 7.92. The van der Waals surface area contributed by atoms with Crippen molar-refractivity contribution in [2.45, 2.75) is 63.3 Å². The average Bonchev–Trinajstić information content (AvgIpc) is 2.57. The van der Waals surface area contributed by atoms with Gasteiger partial charge < -0.3 is 18.9 Å². The molecule has 0 spiro atoms. The average molecular weight is 346 g/mol. The van der Waals surface area contributed by atoms with Crippen LogP contribution in [0.2, 0.25) is 0 Å². The Hall–Kier alpha value is -0.960. The van der Waals surface area contributed by atoms with Crippen LogP contribution in [0.3, 0.4) is 0 Å². The van der Waals surface area contributed by atoms with Crippen LogP contribution in [0.4, 0.5) is 0 Å². The van der Waals surface area contributed by atoms with Gasteiger partial charge in [0.1, 0.15) is 5.60 Å². The van der Waals surface area contributed by atoms with Crippen molar-refractivity contribution in [2.75, 3.05) is 5.75 Å². The Balaban J connectivity index is 1.97. The van der Waals surface area contributed by atoms with E-state index < -0.39 is 51.3 Å². The molecule has 7 nitrogen and oxygen atoms in total. The molecular weight excluding hydrogens is 324 g/mol. The molecule has 3 rings (SSSR count). The molecule has 8 heteroatoms. The summed E-state index contributed by atoms with van der Waals surface area (Å²) >= 11 is 0. The highest BCUT2D eigenvalue weighted by atomic mass is 32.2. The van der Waals surface area contributed by atoms with Crippen LogP contribution in [-0.2, 0) is 33.6 Å². The second kappa shape index (κ2) is 5.27. The van der Waals surface area contributed by atoms with E-state index >= 15 is 0 Å². The number of hydrogen-bond acceptors (Lipinski definition) is 7. The summed E-state index contributed by atoms with van der Waals surface area (Å²) in [4.78, 5) is 11.9. The number of rotatable bonds is 2. The van der Waals surface area contributed by atoms with Gasteiger partial charge in [-0.25, -0.2) is 13.2 Å². The van der Waals surface area contributed by atoms with Crippen LogP contribution in [0.15, 0.2) is 12.2 Å². The zero-order valence-corrected chi connectivity index (χ0v) is 14.5. The fourth-order valence-electron chi connectivity index (χ4n) is 3.39. The smallest absolute Gasteiger partial charge is 0.335 e. The van der Waals surface area contributed by atoms with E-state index in [-0.39, 0.29) is 17.4 Å². The summed E-state index contributed by atoms with van der Waals surface area (Å²) in [7, 11) is -3.47. The van der Waals surface area contributed by atoms with E-state index in [1.54, 1.807) is 13.8 Å². The lowest BCUT2D eigenvalue weighted by Gasteiger charge is -2.33. The molecule has 23 heavy (non-hydrogen) atoms. The van der Waals surface area contributed by atoms with E-state index in [0.717, 1.165) is 0 Å². The van der Waals surface area contributed by atoms with Crippen molar-refractivity contribution in [1.82, 2.24) is 0 Å². The minimum atomic E-state index is -3.47. The number of carbonyl (C=O) groups is 1. The van der Waals surface area contributed by atoms with Gasteiger partial charge in [-0.2, -0.15) is 0 Å². The maximum Gasteiger partial charge on any atom is 0.335 e. The normalized spacial score (nSPS) is 43.5. The van der Waals surface area contributed by atoms with Crippen molar-refractivity contribution in [1.29, 1.82) is 0 Å². The molecule has 130 valence electrons. The minimum Gasteiger partial charge on any atom is -0.429 e. The molecule has 6 atom stereocenters. The fourth-order valence-corrected chi connectivity index (χ4v) is 5.56. The van der Waals surface area contributed by atoms with Gasteiger partial charge in [-0.3, -0.25) is 0 Å². The third-order valence-corrected chi connectivity index (χ3v) is 6.48. The van der Waals surface area contributed by atoms with Gasteiger partial charge >= 0.3 is 5.97 Å². The number of hydrogen-bond donors (Lipinski definition) is 0. The Labute approximate surface area is 135 Å². The van der Waals surface area contributed by atoms with Crippen molar-refractivity contribution in [3.63, 3.8) is 0 Å². The van der Waals surface area contributed by atoms with E-state index in [4.69, 9.17) is 18.9 Å². The largest absolute Gasteiger partial charge is 0.429 e. The molecule has 3 aliphatic heterocycles. The Morgan fingerprint density at radius 1 is 1.30 bits per heavy atom. The summed E-state index contributed by atoms with van der Waals surface area (Å²) in [5.74, 6) is -1.20. The zero-order valence-electron chi connectivity index (χ0n) is 13.6. The van der Waals surface area contributed by atoms with Crippen LogP contribution in [0.1, 0.15) is 27.7 Å². The highest BCUT2D eigenvalue weighted by Gasteiger charge is 2.62. The van der Waals surface area contributed by atoms with Crippen molar-refractivity contribution in [3.8, 4) is 0 Å². The highest BCUT2D eigenvalue weighted by Crippen LogP contribution is 2.46. The van der Waals surface area contributed by atoms with Crippen molar-refractivity contribution >= 4 is 15.8 Å². The van der Waals surface area contributed by atoms with Crippen LogP contribution in [0, 0.1) is 5.92 Å². The van der Waals surface area contributed by atoms with Crippen LogP contribution in [0.25, 0.3) is 0 Å². The molecule has 4 bridgehead atoms. The molecular formula is C15H22O7S.